The summed E-state index contributed by atoms with van der Waals surface area (Å²) in [7, 11) is 0. The lowest BCUT2D eigenvalue weighted by atomic mass is 10.1. The van der Waals surface area contributed by atoms with E-state index in [0.29, 0.717) is 5.92 Å². The van der Waals surface area contributed by atoms with Crippen LogP contribution in [0.15, 0.2) is 16.6 Å². The molecule has 0 amide bonds. The molecular formula is C11H17BrN2O. The monoisotopic (exact) mass is 272 g/mol. The molecule has 0 aliphatic heterocycles. The van der Waals surface area contributed by atoms with Gasteiger partial charge in [0.2, 0.25) is 0 Å². The van der Waals surface area contributed by atoms with E-state index in [1.807, 2.05) is 19.1 Å². The molecule has 4 heteroatoms. The van der Waals surface area contributed by atoms with E-state index in [2.05, 4.69) is 40.1 Å². The van der Waals surface area contributed by atoms with Crippen LogP contribution in [0.3, 0.4) is 0 Å². The van der Waals surface area contributed by atoms with Gasteiger partial charge in [-0.25, -0.2) is 4.98 Å². The van der Waals surface area contributed by atoms with E-state index in [-0.39, 0.29) is 12.6 Å². The molecule has 1 rings (SSSR count). The number of hydrogen-bond donors (Lipinski definition) is 2. The van der Waals surface area contributed by atoms with Crippen molar-refractivity contribution in [1.82, 2.24) is 4.98 Å². The molecule has 0 bridgehead atoms. The van der Waals surface area contributed by atoms with E-state index in [9.17, 15) is 5.11 Å². The SMILES string of the molecule is Cc1nc(N[C@H](CO)C(C)C)ccc1Br. The summed E-state index contributed by atoms with van der Waals surface area (Å²) < 4.78 is 0.998. The summed E-state index contributed by atoms with van der Waals surface area (Å²) in [6, 6.07) is 3.92. The van der Waals surface area contributed by atoms with Gasteiger partial charge in [-0.15, -0.1) is 0 Å². The van der Waals surface area contributed by atoms with Crippen LogP contribution in [-0.2, 0) is 0 Å². The highest BCUT2D eigenvalue weighted by Gasteiger charge is 2.12. The van der Waals surface area contributed by atoms with Gasteiger partial charge < -0.3 is 10.4 Å². The summed E-state index contributed by atoms with van der Waals surface area (Å²) in [6.07, 6.45) is 0. The topological polar surface area (TPSA) is 45.2 Å². The first kappa shape index (κ1) is 12.5. The highest BCUT2D eigenvalue weighted by Crippen LogP contribution is 2.17. The molecule has 0 saturated heterocycles. The Labute approximate surface area is 99.1 Å². The number of hydrogen-bond acceptors (Lipinski definition) is 3. The van der Waals surface area contributed by atoms with Gasteiger partial charge in [-0.05, 0) is 40.9 Å². The van der Waals surface area contributed by atoms with Gasteiger partial charge in [-0.3, -0.25) is 0 Å². The molecular weight excluding hydrogens is 256 g/mol. The fourth-order valence-corrected chi connectivity index (χ4v) is 1.46. The van der Waals surface area contributed by atoms with Crippen LogP contribution < -0.4 is 5.32 Å². The first-order chi connectivity index (χ1) is 7.04. The van der Waals surface area contributed by atoms with Crippen LogP contribution >= 0.6 is 15.9 Å². The van der Waals surface area contributed by atoms with Crippen molar-refractivity contribution in [1.29, 1.82) is 0 Å². The number of aromatic nitrogens is 1. The molecule has 0 fully saturated rings. The number of aliphatic hydroxyl groups is 1. The van der Waals surface area contributed by atoms with Crippen molar-refractivity contribution in [3.8, 4) is 0 Å². The standard InChI is InChI=1S/C11H17BrN2O/c1-7(2)10(6-15)14-11-5-4-9(12)8(3)13-11/h4-5,7,10,15H,6H2,1-3H3,(H,13,14)/t10-/m1/s1. The van der Waals surface area contributed by atoms with Gasteiger partial charge >= 0.3 is 0 Å². The number of aliphatic hydroxyl groups excluding tert-OH is 1. The van der Waals surface area contributed by atoms with E-state index in [4.69, 9.17) is 0 Å². The van der Waals surface area contributed by atoms with Crippen LogP contribution in [0, 0.1) is 12.8 Å². The quantitative estimate of drug-likeness (QED) is 0.886. The fraction of sp³-hybridized carbons (Fsp3) is 0.545. The Balaban J connectivity index is 2.75. The second-order valence-electron chi connectivity index (χ2n) is 3.94. The number of nitrogens with one attached hydrogen (secondary N) is 1. The van der Waals surface area contributed by atoms with Crippen molar-refractivity contribution in [3.05, 3.63) is 22.3 Å². The lowest BCUT2D eigenvalue weighted by Gasteiger charge is -2.20. The average molecular weight is 273 g/mol. The molecule has 1 aromatic rings. The predicted molar refractivity (Wildman–Crippen MR) is 66.0 cm³/mol. The predicted octanol–water partition coefficient (Wildman–Crippen LogP) is 2.58. The molecule has 15 heavy (non-hydrogen) atoms. The normalized spacial score (nSPS) is 12.9. The van der Waals surface area contributed by atoms with E-state index in [1.54, 1.807) is 0 Å². The van der Waals surface area contributed by atoms with Gasteiger partial charge in [0, 0.05) is 4.47 Å². The van der Waals surface area contributed by atoms with Gasteiger partial charge in [0.05, 0.1) is 18.3 Å². The van der Waals surface area contributed by atoms with E-state index < -0.39 is 0 Å². The van der Waals surface area contributed by atoms with Crippen molar-refractivity contribution in [3.63, 3.8) is 0 Å². The molecule has 0 aliphatic carbocycles. The first-order valence-electron chi connectivity index (χ1n) is 5.05. The van der Waals surface area contributed by atoms with Gasteiger partial charge in [-0.2, -0.15) is 0 Å². The summed E-state index contributed by atoms with van der Waals surface area (Å²) in [5.74, 6) is 1.18. The number of halogens is 1. The molecule has 1 atom stereocenters. The van der Waals surface area contributed by atoms with Crippen LogP contribution in [-0.4, -0.2) is 22.7 Å². The maximum Gasteiger partial charge on any atom is 0.126 e. The highest BCUT2D eigenvalue weighted by atomic mass is 79.9. The molecule has 0 aliphatic rings. The fourth-order valence-electron chi connectivity index (χ4n) is 1.24. The summed E-state index contributed by atoms with van der Waals surface area (Å²) in [4.78, 5) is 4.37. The molecule has 0 aromatic carbocycles. The van der Waals surface area contributed by atoms with Crippen LogP contribution in [0.25, 0.3) is 0 Å². The Hall–Kier alpha value is -0.610. The molecule has 84 valence electrons. The van der Waals surface area contributed by atoms with E-state index in [0.717, 1.165) is 16.0 Å². The minimum Gasteiger partial charge on any atom is -0.394 e. The van der Waals surface area contributed by atoms with Crippen LogP contribution in [0.1, 0.15) is 19.5 Å². The summed E-state index contributed by atoms with van der Waals surface area (Å²) >= 11 is 3.40. The summed E-state index contributed by atoms with van der Waals surface area (Å²) in [5, 5.41) is 12.4. The number of nitrogens with zero attached hydrogens (tertiary/aromatic N) is 1. The first-order valence-corrected chi connectivity index (χ1v) is 5.84. The van der Waals surface area contributed by atoms with Gasteiger partial charge in [0.15, 0.2) is 0 Å². The van der Waals surface area contributed by atoms with Crippen LogP contribution in [0.4, 0.5) is 5.82 Å². The molecule has 2 N–H and O–H groups in total. The van der Waals surface area contributed by atoms with Crippen molar-refractivity contribution in [2.75, 3.05) is 11.9 Å². The summed E-state index contributed by atoms with van der Waals surface area (Å²) in [6.45, 7) is 6.20. The smallest absolute Gasteiger partial charge is 0.126 e. The third-order valence-electron chi connectivity index (χ3n) is 2.36. The van der Waals surface area contributed by atoms with E-state index >= 15 is 0 Å². The Kier molecular flexibility index (Phi) is 4.54. The van der Waals surface area contributed by atoms with Gasteiger partial charge in [0.1, 0.15) is 5.82 Å². The maximum absolute atomic E-state index is 9.18. The zero-order chi connectivity index (χ0) is 11.4. The van der Waals surface area contributed by atoms with Crippen molar-refractivity contribution in [2.24, 2.45) is 5.92 Å². The number of aryl methyl sites for hydroxylation is 1. The minimum absolute atomic E-state index is 0.0538. The second kappa shape index (κ2) is 5.47. The zero-order valence-corrected chi connectivity index (χ0v) is 10.9. The molecule has 0 radical (unpaired) electrons. The third kappa shape index (κ3) is 3.47. The molecule has 1 aromatic heterocycles. The molecule has 1 heterocycles. The Morgan fingerprint density at radius 3 is 2.60 bits per heavy atom. The number of pyridine rings is 1. The Morgan fingerprint density at radius 1 is 1.47 bits per heavy atom. The molecule has 0 saturated carbocycles. The van der Waals surface area contributed by atoms with Crippen molar-refractivity contribution in [2.45, 2.75) is 26.8 Å². The average Bonchev–Trinajstić information content (AvgIpc) is 2.19. The van der Waals surface area contributed by atoms with Crippen LogP contribution in [0.2, 0.25) is 0 Å². The maximum atomic E-state index is 9.18. The second-order valence-corrected chi connectivity index (χ2v) is 4.80. The Bertz CT molecular complexity index is 328. The lowest BCUT2D eigenvalue weighted by Crippen LogP contribution is -2.29. The van der Waals surface area contributed by atoms with Crippen molar-refractivity contribution < 1.29 is 5.11 Å². The Morgan fingerprint density at radius 2 is 2.13 bits per heavy atom. The molecule has 0 spiro atoms. The highest BCUT2D eigenvalue weighted by molar-refractivity contribution is 9.10. The third-order valence-corrected chi connectivity index (χ3v) is 3.19. The zero-order valence-electron chi connectivity index (χ0n) is 9.29. The van der Waals surface area contributed by atoms with Crippen LogP contribution in [0.5, 0.6) is 0 Å². The van der Waals surface area contributed by atoms with Gasteiger partial charge in [0.25, 0.3) is 0 Å². The van der Waals surface area contributed by atoms with Gasteiger partial charge in [-0.1, -0.05) is 13.8 Å². The summed E-state index contributed by atoms with van der Waals surface area (Å²) in [5.41, 5.74) is 0.945. The minimum atomic E-state index is 0.0538. The number of anilines is 1. The van der Waals surface area contributed by atoms with E-state index in [1.165, 1.54) is 0 Å². The molecule has 0 unspecified atom stereocenters. The largest absolute Gasteiger partial charge is 0.394 e. The number of rotatable bonds is 4. The lowest BCUT2D eigenvalue weighted by molar-refractivity contribution is 0.249. The molecule has 3 nitrogen and oxygen atoms in total. The van der Waals surface area contributed by atoms with Crippen molar-refractivity contribution >= 4 is 21.7 Å².